The third kappa shape index (κ3) is 5.04. The molecule has 4 nitrogen and oxygen atoms in total. The van der Waals surface area contributed by atoms with Crippen LogP contribution in [0.3, 0.4) is 0 Å². The zero-order valence-electron chi connectivity index (χ0n) is 11.3. The van der Waals surface area contributed by atoms with Crippen LogP contribution in [-0.2, 0) is 25.5 Å². The Labute approximate surface area is 120 Å². The van der Waals surface area contributed by atoms with E-state index in [9.17, 15) is 26.4 Å². The summed E-state index contributed by atoms with van der Waals surface area (Å²) in [6, 6.07) is 3.75. The minimum absolute atomic E-state index is 0.0474. The predicted molar refractivity (Wildman–Crippen MR) is 69.4 cm³/mol. The van der Waals surface area contributed by atoms with Crippen LogP contribution in [0.25, 0.3) is 0 Å². The topological polar surface area (TPSA) is 60.4 Å². The van der Waals surface area contributed by atoms with Crippen molar-refractivity contribution in [3.63, 3.8) is 0 Å². The summed E-state index contributed by atoms with van der Waals surface area (Å²) in [5.41, 5.74) is -1.29. The Morgan fingerprint density at radius 1 is 1.24 bits per heavy atom. The molecule has 8 heteroatoms. The molecule has 0 saturated carbocycles. The van der Waals surface area contributed by atoms with Crippen molar-refractivity contribution in [2.45, 2.75) is 30.8 Å². The zero-order valence-corrected chi connectivity index (χ0v) is 12.1. The van der Waals surface area contributed by atoms with E-state index in [2.05, 4.69) is 4.74 Å². The Hall–Kier alpha value is -1.57. The van der Waals surface area contributed by atoms with Gasteiger partial charge in [-0.3, -0.25) is 4.79 Å². The average molecular weight is 324 g/mol. The second-order valence-electron chi connectivity index (χ2n) is 4.33. The fraction of sp³-hybridized carbons (Fsp3) is 0.462. The predicted octanol–water partition coefficient (Wildman–Crippen LogP) is 2.82. The van der Waals surface area contributed by atoms with Crippen molar-refractivity contribution in [2.24, 2.45) is 0 Å². The molecular formula is C13H15F3O4S. The summed E-state index contributed by atoms with van der Waals surface area (Å²) in [4.78, 5) is 10.5. The smallest absolute Gasteiger partial charge is 0.417 e. The molecule has 0 amide bonds. The van der Waals surface area contributed by atoms with E-state index in [1.807, 2.05) is 6.92 Å². The van der Waals surface area contributed by atoms with Crippen LogP contribution in [0.2, 0.25) is 0 Å². The average Bonchev–Trinajstić information content (AvgIpc) is 2.37. The number of sulfone groups is 1. The van der Waals surface area contributed by atoms with Gasteiger partial charge in [-0.05, 0) is 18.6 Å². The molecule has 0 aliphatic carbocycles. The molecule has 0 bridgehead atoms. The van der Waals surface area contributed by atoms with Crippen LogP contribution >= 0.6 is 0 Å². The van der Waals surface area contributed by atoms with Crippen molar-refractivity contribution in [3.8, 4) is 0 Å². The molecule has 0 spiro atoms. The lowest BCUT2D eigenvalue weighted by Gasteiger charge is -2.12. The van der Waals surface area contributed by atoms with Crippen LogP contribution in [0.5, 0.6) is 0 Å². The standard InChI is InChI=1S/C13H15F3O4S/c1-2-3-8-20-12(17)9-21(18,19)11-7-5-4-6-10(11)13(14,15)16/h4-7H,2-3,8-9H2,1H3. The summed E-state index contributed by atoms with van der Waals surface area (Å²) >= 11 is 0. The number of halogens is 3. The maximum atomic E-state index is 12.8. The molecule has 118 valence electrons. The van der Waals surface area contributed by atoms with E-state index in [1.54, 1.807) is 0 Å². The third-order valence-corrected chi connectivity index (χ3v) is 4.24. The van der Waals surface area contributed by atoms with E-state index in [-0.39, 0.29) is 6.61 Å². The molecule has 0 fully saturated rings. The quantitative estimate of drug-likeness (QED) is 0.596. The fourth-order valence-corrected chi connectivity index (χ4v) is 2.93. The highest BCUT2D eigenvalue weighted by Crippen LogP contribution is 2.34. The summed E-state index contributed by atoms with van der Waals surface area (Å²) in [6.45, 7) is 1.90. The van der Waals surface area contributed by atoms with Gasteiger partial charge in [0.15, 0.2) is 15.6 Å². The zero-order chi connectivity index (χ0) is 16.1. The van der Waals surface area contributed by atoms with Gasteiger partial charge in [0.1, 0.15) is 0 Å². The van der Waals surface area contributed by atoms with Crippen LogP contribution in [0.15, 0.2) is 29.2 Å². The monoisotopic (exact) mass is 324 g/mol. The van der Waals surface area contributed by atoms with E-state index < -0.39 is 38.2 Å². The molecule has 0 aliphatic rings. The van der Waals surface area contributed by atoms with Crippen molar-refractivity contribution >= 4 is 15.8 Å². The number of benzene rings is 1. The van der Waals surface area contributed by atoms with Gasteiger partial charge in [0, 0.05) is 0 Å². The van der Waals surface area contributed by atoms with Crippen LogP contribution in [0.4, 0.5) is 13.2 Å². The van der Waals surface area contributed by atoms with Gasteiger partial charge in [0.25, 0.3) is 0 Å². The lowest BCUT2D eigenvalue weighted by atomic mass is 10.2. The molecule has 1 aromatic carbocycles. The molecule has 0 aromatic heterocycles. The van der Waals surface area contributed by atoms with E-state index >= 15 is 0 Å². The van der Waals surface area contributed by atoms with Gasteiger partial charge in [0.2, 0.25) is 0 Å². The minimum Gasteiger partial charge on any atom is -0.465 e. The van der Waals surface area contributed by atoms with Crippen molar-refractivity contribution in [3.05, 3.63) is 29.8 Å². The van der Waals surface area contributed by atoms with Crippen LogP contribution in [0.1, 0.15) is 25.3 Å². The number of carbonyl (C=O) groups is 1. The summed E-state index contributed by atoms with van der Waals surface area (Å²) in [5.74, 6) is -2.16. The number of hydrogen-bond donors (Lipinski definition) is 0. The molecule has 0 saturated heterocycles. The Bertz CT molecular complexity index is 594. The van der Waals surface area contributed by atoms with Crippen molar-refractivity contribution < 1.29 is 31.1 Å². The van der Waals surface area contributed by atoms with E-state index in [1.165, 1.54) is 6.07 Å². The number of unbranched alkanes of at least 4 members (excludes halogenated alkanes) is 1. The molecule has 1 aromatic rings. The molecule has 0 heterocycles. The highest BCUT2D eigenvalue weighted by Gasteiger charge is 2.37. The van der Waals surface area contributed by atoms with E-state index in [4.69, 9.17) is 0 Å². The van der Waals surface area contributed by atoms with Gasteiger partial charge in [0.05, 0.1) is 17.1 Å². The summed E-state index contributed by atoms with van der Waals surface area (Å²) < 4.78 is 66.9. The highest BCUT2D eigenvalue weighted by atomic mass is 32.2. The Balaban J connectivity index is 2.97. The largest absolute Gasteiger partial charge is 0.465 e. The number of rotatable bonds is 6. The van der Waals surface area contributed by atoms with Crippen LogP contribution in [0, 0.1) is 0 Å². The van der Waals surface area contributed by atoms with Gasteiger partial charge in [-0.25, -0.2) is 8.42 Å². The first-order chi connectivity index (χ1) is 9.68. The Kier molecular flexibility index (Phi) is 5.77. The van der Waals surface area contributed by atoms with Crippen LogP contribution in [-0.4, -0.2) is 26.7 Å². The molecular weight excluding hydrogens is 309 g/mol. The lowest BCUT2D eigenvalue weighted by Crippen LogP contribution is -2.22. The summed E-state index contributed by atoms with van der Waals surface area (Å²) in [5, 5.41) is 0. The maximum Gasteiger partial charge on any atom is 0.417 e. The third-order valence-electron chi connectivity index (χ3n) is 2.60. The van der Waals surface area contributed by atoms with Gasteiger partial charge >= 0.3 is 12.1 Å². The first-order valence-electron chi connectivity index (χ1n) is 6.23. The molecule has 0 unspecified atom stereocenters. The van der Waals surface area contributed by atoms with Crippen molar-refractivity contribution in [2.75, 3.05) is 12.4 Å². The van der Waals surface area contributed by atoms with Crippen molar-refractivity contribution in [1.29, 1.82) is 0 Å². The lowest BCUT2D eigenvalue weighted by molar-refractivity contribution is -0.141. The molecule has 0 radical (unpaired) electrons. The maximum absolute atomic E-state index is 12.8. The molecule has 21 heavy (non-hydrogen) atoms. The first kappa shape index (κ1) is 17.5. The minimum atomic E-state index is -4.81. The highest BCUT2D eigenvalue weighted by molar-refractivity contribution is 7.92. The number of ether oxygens (including phenoxy) is 1. The summed E-state index contributed by atoms with van der Waals surface area (Å²) in [7, 11) is -4.40. The van der Waals surface area contributed by atoms with Gasteiger partial charge in [-0.1, -0.05) is 25.5 Å². The number of esters is 1. The number of carbonyl (C=O) groups excluding carboxylic acids is 1. The molecule has 0 atom stereocenters. The van der Waals surface area contributed by atoms with Crippen LogP contribution < -0.4 is 0 Å². The first-order valence-corrected chi connectivity index (χ1v) is 7.88. The molecule has 1 rings (SSSR count). The van der Waals surface area contributed by atoms with Crippen molar-refractivity contribution in [1.82, 2.24) is 0 Å². The Morgan fingerprint density at radius 2 is 1.86 bits per heavy atom. The fourth-order valence-electron chi connectivity index (χ4n) is 1.58. The normalized spacial score (nSPS) is 12.2. The SMILES string of the molecule is CCCCOC(=O)CS(=O)(=O)c1ccccc1C(F)(F)F. The Morgan fingerprint density at radius 3 is 2.43 bits per heavy atom. The number of hydrogen-bond acceptors (Lipinski definition) is 4. The van der Waals surface area contributed by atoms with E-state index in [0.717, 1.165) is 18.6 Å². The van der Waals surface area contributed by atoms with Gasteiger partial charge in [-0.2, -0.15) is 13.2 Å². The van der Waals surface area contributed by atoms with Gasteiger partial charge < -0.3 is 4.74 Å². The summed E-state index contributed by atoms with van der Waals surface area (Å²) in [6.07, 6.45) is -3.50. The number of alkyl halides is 3. The second kappa shape index (κ2) is 6.93. The van der Waals surface area contributed by atoms with Gasteiger partial charge in [-0.15, -0.1) is 0 Å². The second-order valence-corrected chi connectivity index (χ2v) is 6.29. The molecule has 0 aliphatic heterocycles. The van der Waals surface area contributed by atoms with E-state index in [0.29, 0.717) is 12.5 Å². The molecule has 0 N–H and O–H groups in total.